The summed E-state index contributed by atoms with van der Waals surface area (Å²) in [6.07, 6.45) is 0. The van der Waals surface area contributed by atoms with Crippen LogP contribution in [-0.2, 0) is 15.1 Å². The first-order valence-corrected chi connectivity index (χ1v) is 6.68. The first kappa shape index (κ1) is 15.2. The molecule has 0 aliphatic carbocycles. The second kappa shape index (κ2) is 5.41. The van der Waals surface area contributed by atoms with Gasteiger partial charge in [-0.2, -0.15) is 0 Å². The van der Waals surface area contributed by atoms with Gasteiger partial charge in [0.25, 0.3) is 0 Å². The fourth-order valence-corrected chi connectivity index (χ4v) is 2.06. The van der Waals surface area contributed by atoms with Gasteiger partial charge >= 0.3 is 5.97 Å². The van der Waals surface area contributed by atoms with Crippen LogP contribution in [0.1, 0.15) is 33.3 Å². The van der Waals surface area contributed by atoms with Crippen molar-refractivity contribution in [3.05, 3.63) is 34.3 Å². The lowest BCUT2D eigenvalue weighted by atomic mass is 9.72. The lowest BCUT2D eigenvalue weighted by molar-refractivity contribution is -0.170. The normalized spacial score (nSPS) is 15.0. The molecular weight excluding hydrogens is 296 g/mol. The Hall–Kier alpha value is -0.870. The molecule has 0 aliphatic heterocycles. The van der Waals surface area contributed by atoms with E-state index in [1.165, 1.54) is 0 Å². The summed E-state index contributed by atoms with van der Waals surface area (Å²) in [6.45, 7) is 7.06. The number of benzene rings is 1. The molecule has 0 aliphatic rings. The lowest BCUT2D eigenvalue weighted by Gasteiger charge is -2.38. The third kappa shape index (κ3) is 2.75. The molecule has 3 nitrogen and oxygen atoms in total. The van der Waals surface area contributed by atoms with E-state index >= 15 is 0 Å². The van der Waals surface area contributed by atoms with E-state index < -0.39 is 17.0 Å². The summed E-state index contributed by atoms with van der Waals surface area (Å²) < 4.78 is 5.90. The fourth-order valence-electron chi connectivity index (χ4n) is 1.66. The van der Waals surface area contributed by atoms with Crippen LogP contribution in [0.2, 0.25) is 0 Å². The first-order valence-electron chi connectivity index (χ1n) is 5.89. The van der Waals surface area contributed by atoms with Crippen molar-refractivity contribution >= 4 is 21.9 Å². The average molecular weight is 315 g/mol. The monoisotopic (exact) mass is 314 g/mol. The van der Waals surface area contributed by atoms with Crippen LogP contribution >= 0.6 is 15.9 Å². The van der Waals surface area contributed by atoms with Crippen molar-refractivity contribution in [1.29, 1.82) is 0 Å². The van der Waals surface area contributed by atoms with E-state index in [1.807, 2.05) is 12.1 Å². The Kier molecular flexibility index (Phi) is 4.56. The third-order valence-electron chi connectivity index (χ3n) is 3.39. The molecule has 0 saturated heterocycles. The highest BCUT2D eigenvalue weighted by Gasteiger charge is 2.47. The van der Waals surface area contributed by atoms with E-state index in [9.17, 15) is 9.90 Å². The molecule has 1 unspecified atom stereocenters. The van der Waals surface area contributed by atoms with Crippen molar-refractivity contribution in [1.82, 2.24) is 0 Å². The van der Waals surface area contributed by atoms with Gasteiger partial charge in [0.15, 0.2) is 0 Å². The molecule has 0 heterocycles. The molecule has 1 N–H and O–H groups in total. The summed E-state index contributed by atoms with van der Waals surface area (Å²) in [7, 11) is 0. The lowest BCUT2D eigenvalue weighted by Crippen LogP contribution is -2.46. The van der Waals surface area contributed by atoms with Crippen molar-refractivity contribution in [3.63, 3.8) is 0 Å². The fraction of sp³-hybridized carbons (Fsp3) is 0.500. The van der Waals surface area contributed by atoms with Gasteiger partial charge in [0.2, 0.25) is 0 Å². The van der Waals surface area contributed by atoms with Gasteiger partial charge in [-0.25, -0.2) is 0 Å². The Morgan fingerprint density at radius 3 is 2.50 bits per heavy atom. The number of halogens is 1. The van der Waals surface area contributed by atoms with Crippen molar-refractivity contribution in [2.45, 2.75) is 33.3 Å². The molecule has 0 amide bonds. The van der Waals surface area contributed by atoms with Crippen LogP contribution in [0.25, 0.3) is 0 Å². The molecule has 0 fully saturated rings. The highest BCUT2D eigenvalue weighted by molar-refractivity contribution is 9.10. The number of rotatable bonds is 4. The number of hydrogen-bond acceptors (Lipinski definition) is 3. The number of ether oxygens (including phenoxy) is 1. The highest BCUT2D eigenvalue weighted by atomic mass is 79.9. The van der Waals surface area contributed by atoms with Crippen LogP contribution in [-0.4, -0.2) is 17.7 Å². The minimum atomic E-state index is -1.30. The van der Waals surface area contributed by atoms with Crippen LogP contribution in [0.3, 0.4) is 0 Å². The Balaban J connectivity index is 3.16. The quantitative estimate of drug-likeness (QED) is 0.868. The average Bonchev–Trinajstić information content (AvgIpc) is 2.29. The molecule has 1 aromatic rings. The molecule has 0 radical (unpaired) electrons. The zero-order valence-corrected chi connectivity index (χ0v) is 12.7. The Morgan fingerprint density at radius 1 is 1.39 bits per heavy atom. The highest BCUT2D eigenvalue weighted by Crippen LogP contribution is 2.40. The van der Waals surface area contributed by atoms with Crippen molar-refractivity contribution < 1.29 is 14.6 Å². The van der Waals surface area contributed by atoms with E-state index in [-0.39, 0.29) is 0 Å². The van der Waals surface area contributed by atoms with E-state index in [2.05, 4.69) is 15.9 Å². The summed E-state index contributed by atoms with van der Waals surface area (Å²) >= 11 is 3.36. The number of aliphatic hydroxyl groups is 1. The second-order valence-electron chi connectivity index (χ2n) is 4.93. The number of carbonyl (C=O) groups excluding carboxylic acids is 1. The molecule has 1 atom stereocenters. The SMILES string of the molecule is CCOC(=O)C(C)(C)C(C)(O)c1cccc(Br)c1. The molecule has 0 saturated carbocycles. The van der Waals surface area contributed by atoms with E-state index in [0.717, 1.165) is 4.47 Å². The predicted octanol–water partition coefficient (Wildman–Crippen LogP) is 3.25. The largest absolute Gasteiger partial charge is 0.465 e. The smallest absolute Gasteiger partial charge is 0.314 e. The summed E-state index contributed by atoms with van der Waals surface area (Å²) in [6, 6.07) is 7.30. The second-order valence-corrected chi connectivity index (χ2v) is 5.84. The molecule has 100 valence electrons. The Labute approximate surface area is 116 Å². The zero-order valence-electron chi connectivity index (χ0n) is 11.2. The zero-order chi connectivity index (χ0) is 14.0. The molecule has 0 aromatic heterocycles. The van der Waals surface area contributed by atoms with E-state index in [0.29, 0.717) is 12.2 Å². The van der Waals surface area contributed by atoms with Gasteiger partial charge in [0.05, 0.1) is 12.0 Å². The van der Waals surface area contributed by atoms with Gasteiger partial charge < -0.3 is 9.84 Å². The van der Waals surface area contributed by atoms with Gasteiger partial charge in [0.1, 0.15) is 5.60 Å². The van der Waals surface area contributed by atoms with Crippen LogP contribution < -0.4 is 0 Å². The van der Waals surface area contributed by atoms with Crippen molar-refractivity contribution in [2.24, 2.45) is 5.41 Å². The number of hydrogen-bond donors (Lipinski definition) is 1. The van der Waals surface area contributed by atoms with Gasteiger partial charge in [-0.15, -0.1) is 0 Å². The predicted molar refractivity (Wildman–Crippen MR) is 74.1 cm³/mol. The number of esters is 1. The molecular formula is C14H19BrO3. The maximum Gasteiger partial charge on any atom is 0.314 e. The van der Waals surface area contributed by atoms with Crippen molar-refractivity contribution in [3.8, 4) is 0 Å². The standard InChI is InChI=1S/C14H19BrO3/c1-5-18-12(16)13(2,3)14(4,17)10-7-6-8-11(15)9-10/h6-9,17H,5H2,1-4H3. The maximum absolute atomic E-state index is 12.0. The molecule has 4 heteroatoms. The molecule has 1 aromatic carbocycles. The summed E-state index contributed by atoms with van der Waals surface area (Å²) in [4.78, 5) is 12.0. The summed E-state index contributed by atoms with van der Waals surface area (Å²) in [5.41, 5.74) is -1.65. The van der Waals surface area contributed by atoms with Gasteiger partial charge in [-0.05, 0) is 45.4 Å². The molecule has 1 rings (SSSR count). The minimum absolute atomic E-state index is 0.302. The molecule has 0 bridgehead atoms. The number of carbonyl (C=O) groups is 1. The molecule has 18 heavy (non-hydrogen) atoms. The summed E-state index contributed by atoms with van der Waals surface area (Å²) in [5.74, 6) is -0.407. The van der Waals surface area contributed by atoms with Gasteiger partial charge in [-0.1, -0.05) is 28.1 Å². The van der Waals surface area contributed by atoms with Gasteiger partial charge in [-0.3, -0.25) is 4.79 Å². The Bertz CT molecular complexity index is 438. The van der Waals surface area contributed by atoms with Crippen LogP contribution in [0.4, 0.5) is 0 Å². The van der Waals surface area contributed by atoms with Gasteiger partial charge in [0, 0.05) is 4.47 Å². The van der Waals surface area contributed by atoms with Crippen LogP contribution in [0.5, 0.6) is 0 Å². The van der Waals surface area contributed by atoms with Crippen LogP contribution in [0.15, 0.2) is 28.7 Å². The summed E-state index contributed by atoms with van der Waals surface area (Å²) in [5, 5.41) is 10.7. The minimum Gasteiger partial charge on any atom is -0.465 e. The maximum atomic E-state index is 12.0. The van der Waals surface area contributed by atoms with Crippen molar-refractivity contribution in [2.75, 3.05) is 6.61 Å². The third-order valence-corrected chi connectivity index (χ3v) is 3.88. The molecule has 0 spiro atoms. The van der Waals surface area contributed by atoms with Crippen LogP contribution in [0, 0.1) is 5.41 Å². The topological polar surface area (TPSA) is 46.5 Å². The Morgan fingerprint density at radius 2 is 2.00 bits per heavy atom. The first-order chi connectivity index (χ1) is 8.23. The van der Waals surface area contributed by atoms with E-state index in [4.69, 9.17) is 4.74 Å². The van der Waals surface area contributed by atoms with E-state index in [1.54, 1.807) is 39.8 Å².